The third-order valence-corrected chi connectivity index (χ3v) is 4.98. The summed E-state index contributed by atoms with van der Waals surface area (Å²) >= 11 is 1.49. The van der Waals surface area contributed by atoms with E-state index >= 15 is 0 Å². The van der Waals surface area contributed by atoms with Crippen molar-refractivity contribution in [3.8, 4) is 10.6 Å². The summed E-state index contributed by atoms with van der Waals surface area (Å²) in [4.78, 5) is 27.6. The maximum atomic E-state index is 12.0. The number of nitrogens with zero attached hydrogens (tertiary/aromatic N) is 1. The number of benzene rings is 1. The maximum Gasteiger partial charge on any atom is 0.329 e. The fourth-order valence-corrected chi connectivity index (χ4v) is 3.22. The lowest BCUT2D eigenvalue weighted by molar-refractivity contribution is -0.143. The highest BCUT2D eigenvalue weighted by molar-refractivity contribution is 7.13. The van der Waals surface area contributed by atoms with Gasteiger partial charge in [-0.1, -0.05) is 31.2 Å². The number of carbonyl (C=O) groups excluding carboxylic acids is 1. The van der Waals surface area contributed by atoms with Crippen molar-refractivity contribution in [1.82, 2.24) is 10.3 Å². The van der Waals surface area contributed by atoms with E-state index in [9.17, 15) is 9.59 Å². The van der Waals surface area contributed by atoms with Gasteiger partial charge in [-0.25, -0.2) is 9.78 Å². The summed E-state index contributed by atoms with van der Waals surface area (Å²) in [5, 5.41) is 14.4. The van der Waals surface area contributed by atoms with Gasteiger partial charge in [0.05, 0.1) is 12.1 Å². The first-order chi connectivity index (χ1) is 11.0. The van der Waals surface area contributed by atoms with E-state index in [4.69, 9.17) is 5.11 Å². The third kappa shape index (κ3) is 3.42. The number of nitrogens with one attached hydrogen (secondary N) is 1. The molecule has 0 unspecified atom stereocenters. The Kier molecular flexibility index (Phi) is 4.17. The Morgan fingerprint density at radius 1 is 1.30 bits per heavy atom. The van der Waals surface area contributed by atoms with Crippen LogP contribution in [0.15, 0.2) is 29.6 Å². The molecule has 1 aromatic carbocycles. The number of aliphatic carboxylic acids is 1. The van der Waals surface area contributed by atoms with Gasteiger partial charge in [-0.2, -0.15) is 0 Å². The van der Waals surface area contributed by atoms with Gasteiger partial charge in [-0.15, -0.1) is 11.3 Å². The number of thiazole rings is 1. The first-order valence-electron chi connectivity index (χ1n) is 7.60. The van der Waals surface area contributed by atoms with Crippen molar-refractivity contribution in [1.29, 1.82) is 0 Å². The molecule has 1 saturated carbocycles. The molecule has 120 valence electrons. The van der Waals surface area contributed by atoms with E-state index in [-0.39, 0.29) is 12.3 Å². The van der Waals surface area contributed by atoms with Crippen LogP contribution in [0.25, 0.3) is 10.6 Å². The number of carboxylic acid groups (broad SMARTS) is 1. The molecular formula is C17H18N2O3S. The largest absolute Gasteiger partial charge is 0.480 e. The van der Waals surface area contributed by atoms with Gasteiger partial charge >= 0.3 is 5.97 Å². The van der Waals surface area contributed by atoms with Crippen molar-refractivity contribution in [2.45, 2.75) is 38.1 Å². The zero-order valence-electron chi connectivity index (χ0n) is 12.8. The molecule has 0 spiro atoms. The molecule has 0 bridgehead atoms. The van der Waals surface area contributed by atoms with Gasteiger partial charge in [0.1, 0.15) is 10.5 Å². The second kappa shape index (κ2) is 6.12. The van der Waals surface area contributed by atoms with E-state index in [1.165, 1.54) is 16.9 Å². The van der Waals surface area contributed by atoms with Crippen LogP contribution >= 0.6 is 11.3 Å². The molecule has 1 aromatic heterocycles. The normalized spacial score (nSPS) is 15.2. The highest BCUT2D eigenvalue weighted by Crippen LogP contribution is 2.35. The predicted molar refractivity (Wildman–Crippen MR) is 88.4 cm³/mol. The zero-order valence-corrected chi connectivity index (χ0v) is 13.7. The molecule has 23 heavy (non-hydrogen) atoms. The first-order valence-corrected chi connectivity index (χ1v) is 8.48. The first kappa shape index (κ1) is 15.7. The van der Waals surface area contributed by atoms with Crippen molar-refractivity contribution in [2.75, 3.05) is 0 Å². The number of hydrogen-bond donors (Lipinski definition) is 2. The van der Waals surface area contributed by atoms with Gasteiger partial charge in [0.15, 0.2) is 0 Å². The highest BCUT2D eigenvalue weighted by Gasteiger charge is 2.51. The Labute approximate surface area is 138 Å². The van der Waals surface area contributed by atoms with Gasteiger partial charge in [-0.3, -0.25) is 4.79 Å². The molecule has 5 nitrogen and oxygen atoms in total. The summed E-state index contributed by atoms with van der Waals surface area (Å²) in [5.41, 5.74) is 1.94. The molecule has 1 aliphatic rings. The van der Waals surface area contributed by atoms with E-state index in [0.29, 0.717) is 18.5 Å². The second-order valence-corrected chi connectivity index (χ2v) is 6.66. The number of rotatable bonds is 6. The molecule has 3 rings (SSSR count). The van der Waals surface area contributed by atoms with Crippen LogP contribution in [0.3, 0.4) is 0 Å². The quantitative estimate of drug-likeness (QED) is 0.853. The van der Waals surface area contributed by atoms with Crippen LogP contribution in [-0.2, 0) is 22.4 Å². The summed E-state index contributed by atoms with van der Waals surface area (Å²) in [6, 6.07) is 8.22. The van der Waals surface area contributed by atoms with Crippen LogP contribution in [0.2, 0.25) is 0 Å². The third-order valence-electron chi connectivity index (χ3n) is 4.04. The molecule has 2 aromatic rings. The van der Waals surface area contributed by atoms with Gasteiger partial charge in [-0.05, 0) is 24.8 Å². The number of amides is 1. The van der Waals surface area contributed by atoms with Crippen molar-refractivity contribution in [3.63, 3.8) is 0 Å². The van der Waals surface area contributed by atoms with Crippen molar-refractivity contribution >= 4 is 23.2 Å². The molecule has 2 N–H and O–H groups in total. The summed E-state index contributed by atoms with van der Waals surface area (Å²) in [6.45, 7) is 2.11. The highest BCUT2D eigenvalue weighted by atomic mass is 32.1. The Bertz CT molecular complexity index is 733. The van der Waals surface area contributed by atoms with Gasteiger partial charge in [0.2, 0.25) is 5.91 Å². The number of aryl methyl sites for hydroxylation is 1. The lowest BCUT2D eigenvalue weighted by Gasteiger charge is -2.11. The minimum atomic E-state index is -1.04. The molecule has 1 amide bonds. The van der Waals surface area contributed by atoms with Gasteiger partial charge in [0, 0.05) is 10.9 Å². The van der Waals surface area contributed by atoms with Crippen LogP contribution in [-0.4, -0.2) is 27.5 Å². The van der Waals surface area contributed by atoms with Crippen LogP contribution in [0.5, 0.6) is 0 Å². The van der Waals surface area contributed by atoms with Crippen molar-refractivity contribution < 1.29 is 14.7 Å². The Morgan fingerprint density at radius 2 is 2.00 bits per heavy atom. The number of hydrogen-bond acceptors (Lipinski definition) is 4. The van der Waals surface area contributed by atoms with E-state index in [1.807, 2.05) is 17.5 Å². The fourth-order valence-electron chi connectivity index (χ4n) is 2.40. The summed E-state index contributed by atoms with van der Waals surface area (Å²) in [7, 11) is 0. The zero-order chi connectivity index (χ0) is 16.4. The van der Waals surface area contributed by atoms with E-state index in [2.05, 4.69) is 29.4 Å². The van der Waals surface area contributed by atoms with E-state index < -0.39 is 11.5 Å². The Hall–Kier alpha value is -2.21. The number of aromatic nitrogens is 1. The average molecular weight is 330 g/mol. The maximum absolute atomic E-state index is 12.0. The Balaban J connectivity index is 1.65. The van der Waals surface area contributed by atoms with Gasteiger partial charge in [0.25, 0.3) is 0 Å². The van der Waals surface area contributed by atoms with Crippen LogP contribution in [0, 0.1) is 0 Å². The van der Waals surface area contributed by atoms with Gasteiger partial charge < -0.3 is 10.4 Å². The smallest absolute Gasteiger partial charge is 0.329 e. The standard InChI is InChI=1S/C17H18N2O3S/c1-2-11-3-5-12(6-4-11)15-18-13(10-23-15)9-14(20)19-17(7-8-17)16(21)22/h3-6,10H,2,7-9H2,1H3,(H,19,20)(H,21,22). The lowest BCUT2D eigenvalue weighted by Crippen LogP contribution is -2.43. The topological polar surface area (TPSA) is 79.3 Å². The second-order valence-electron chi connectivity index (χ2n) is 5.81. The van der Waals surface area contributed by atoms with Crippen molar-refractivity contribution in [2.24, 2.45) is 0 Å². The summed E-state index contributed by atoms with van der Waals surface area (Å²) in [5.74, 6) is -1.25. The molecule has 1 aliphatic carbocycles. The van der Waals surface area contributed by atoms with Crippen molar-refractivity contribution in [3.05, 3.63) is 40.9 Å². The summed E-state index contributed by atoms with van der Waals surface area (Å²) < 4.78 is 0. The predicted octanol–water partition coefficient (Wildman–Crippen LogP) is 2.65. The summed E-state index contributed by atoms with van der Waals surface area (Å²) in [6.07, 6.45) is 2.10. The van der Waals surface area contributed by atoms with Crippen LogP contribution in [0.4, 0.5) is 0 Å². The number of carboxylic acids is 1. The molecule has 0 aliphatic heterocycles. The average Bonchev–Trinajstić information content (AvgIpc) is 3.18. The molecule has 0 radical (unpaired) electrons. The minimum Gasteiger partial charge on any atom is -0.480 e. The lowest BCUT2D eigenvalue weighted by atomic mass is 10.1. The molecular weight excluding hydrogens is 312 g/mol. The molecule has 0 atom stereocenters. The van der Waals surface area contributed by atoms with Crippen LogP contribution in [0.1, 0.15) is 31.0 Å². The van der Waals surface area contributed by atoms with Crippen LogP contribution < -0.4 is 5.32 Å². The fraction of sp³-hybridized carbons (Fsp3) is 0.353. The monoisotopic (exact) mass is 330 g/mol. The minimum absolute atomic E-state index is 0.110. The molecule has 0 saturated heterocycles. The molecule has 1 heterocycles. The SMILES string of the molecule is CCc1ccc(-c2nc(CC(=O)NC3(C(=O)O)CC3)cs2)cc1. The Morgan fingerprint density at radius 3 is 2.57 bits per heavy atom. The van der Waals surface area contributed by atoms with E-state index in [1.54, 1.807) is 0 Å². The molecule has 6 heteroatoms. The number of carbonyl (C=O) groups is 2. The molecule has 1 fully saturated rings. The van der Waals surface area contributed by atoms with E-state index in [0.717, 1.165) is 17.0 Å².